The van der Waals surface area contributed by atoms with E-state index in [9.17, 15) is 9.59 Å². The Balaban J connectivity index is 1.76. The van der Waals surface area contributed by atoms with E-state index in [2.05, 4.69) is 5.32 Å². The van der Waals surface area contributed by atoms with Crippen molar-refractivity contribution in [2.45, 2.75) is 19.4 Å². The molecule has 1 fully saturated rings. The number of carbonyl (C=O) groups excluding carboxylic acids is 2. The second kappa shape index (κ2) is 8.29. The van der Waals surface area contributed by atoms with Gasteiger partial charge in [0.2, 0.25) is 11.8 Å². The van der Waals surface area contributed by atoms with Crippen molar-refractivity contribution in [3.05, 3.63) is 34.9 Å². The zero-order valence-corrected chi connectivity index (χ0v) is 13.6. The van der Waals surface area contributed by atoms with Gasteiger partial charge in [0.25, 0.3) is 0 Å². The molecule has 1 aromatic carbocycles. The number of benzene rings is 1. The fourth-order valence-corrected chi connectivity index (χ4v) is 2.65. The Hall–Kier alpha value is -1.63. The molecule has 1 aromatic rings. The molecule has 1 heterocycles. The van der Waals surface area contributed by atoms with Gasteiger partial charge < -0.3 is 20.5 Å². The lowest BCUT2D eigenvalue weighted by Gasteiger charge is -2.34. The SMILES string of the molecule is NC(=O)C1(CNC(=O)COCc2ccccc2Cl)CCOCC1. The van der Waals surface area contributed by atoms with Gasteiger partial charge in [-0.25, -0.2) is 0 Å². The van der Waals surface area contributed by atoms with Gasteiger partial charge in [0.05, 0.1) is 12.0 Å². The van der Waals surface area contributed by atoms with Crippen LogP contribution in [0, 0.1) is 5.41 Å². The molecule has 1 aliphatic rings. The van der Waals surface area contributed by atoms with E-state index in [0.29, 0.717) is 31.1 Å². The predicted octanol–water partition coefficient (Wildman–Crippen LogP) is 1.25. The van der Waals surface area contributed by atoms with Gasteiger partial charge in [-0.2, -0.15) is 0 Å². The number of nitrogens with two attached hydrogens (primary N) is 1. The van der Waals surface area contributed by atoms with Crippen LogP contribution in [0.5, 0.6) is 0 Å². The van der Waals surface area contributed by atoms with Crippen molar-refractivity contribution >= 4 is 23.4 Å². The second-order valence-electron chi connectivity index (χ2n) is 5.62. The number of amides is 2. The molecule has 1 saturated heterocycles. The maximum absolute atomic E-state index is 11.9. The van der Waals surface area contributed by atoms with E-state index in [1.54, 1.807) is 6.07 Å². The van der Waals surface area contributed by atoms with Crippen LogP contribution in [0.3, 0.4) is 0 Å². The van der Waals surface area contributed by atoms with Crippen LogP contribution in [0.25, 0.3) is 0 Å². The molecule has 1 aliphatic heterocycles. The van der Waals surface area contributed by atoms with Crippen LogP contribution in [0.2, 0.25) is 5.02 Å². The van der Waals surface area contributed by atoms with Gasteiger partial charge in [0.1, 0.15) is 6.61 Å². The van der Waals surface area contributed by atoms with Gasteiger partial charge in [-0.1, -0.05) is 29.8 Å². The van der Waals surface area contributed by atoms with E-state index in [-0.39, 0.29) is 25.7 Å². The molecule has 0 spiro atoms. The maximum Gasteiger partial charge on any atom is 0.246 e. The van der Waals surface area contributed by atoms with Crippen molar-refractivity contribution in [3.8, 4) is 0 Å². The molecule has 3 N–H and O–H groups in total. The summed E-state index contributed by atoms with van der Waals surface area (Å²) in [7, 11) is 0. The largest absolute Gasteiger partial charge is 0.381 e. The highest BCUT2D eigenvalue weighted by molar-refractivity contribution is 6.31. The van der Waals surface area contributed by atoms with Crippen LogP contribution in [0.15, 0.2) is 24.3 Å². The van der Waals surface area contributed by atoms with Crippen LogP contribution in [0.1, 0.15) is 18.4 Å². The zero-order chi connectivity index (χ0) is 16.7. The molecule has 0 unspecified atom stereocenters. The van der Waals surface area contributed by atoms with Crippen molar-refractivity contribution in [1.29, 1.82) is 0 Å². The Bertz CT molecular complexity index is 559. The lowest BCUT2D eigenvalue weighted by molar-refractivity contribution is -0.134. The molecule has 0 bridgehead atoms. The summed E-state index contributed by atoms with van der Waals surface area (Å²) in [6.45, 7) is 1.31. The van der Waals surface area contributed by atoms with Gasteiger partial charge in [-0.15, -0.1) is 0 Å². The van der Waals surface area contributed by atoms with Gasteiger partial charge in [0, 0.05) is 24.8 Å². The summed E-state index contributed by atoms with van der Waals surface area (Å²) >= 11 is 6.01. The minimum Gasteiger partial charge on any atom is -0.381 e. The molecule has 0 saturated carbocycles. The first-order valence-electron chi connectivity index (χ1n) is 7.49. The van der Waals surface area contributed by atoms with Gasteiger partial charge in [-0.05, 0) is 24.5 Å². The highest BCUT2D eigenvalue weighted by Crippen LogP contribution is 2.29. The van der Waals surface area contributed by atoms with Crippen molar-refractivity contribution in [2.75, 3.05) is 26.4 Å². The summed E-state index contributed by atoms with van der Waals surface area (Å²) in [4.78, 5) is 23.6. The molecule has 2 amide bonds. The van der Waals surface area contributed by atoms with E-state index in [1.165, 1.54) is 0 Å². The lowest BCUT2D eigenvalue weighted by Crippen LogP contribution is -2.50. The van der Waals surface area contributed by atoms with E-state index in [0.717, 1.165) is 5.56 Å². The third kappa shape index (κ3) is 4.92. The highest BCUT2D eigenvalue weighted by atomic mass is 35.5. The highest BCUT2D eigenvalue weighted by Gasteiger charge is 2.38. The average molecular weight is 341 g/mol. The number of primary amides is 1. The summed E-state index contributed by atoms with van der Waals surface area (Å²) in [5.74, 6) is -0.692. The molecule has 0 atom stereocenters. The molecule has 23 heavy (non-hydrogen) atoms. The molecule has 7 heteroatoms. The summed E-state index contributed by atoms with van der Waals surface area (Å²) in [5.41, 5.74) is 5.58. The van der Waals surface area contributed by atoms with Crippen molar-refractivity contribution < 1.29 is 19.1 Å². The Kier molecular flexibility index (Phi) is 6.38. The van der Waals surface area contributed by atoms with E-state index >= 15 is 0 Å². The summed E-state index contributed by atoms with van der Waals surface area (Å²) < 4.78 is 10.6. The van der Waals surface area contributed by atoms with Crippen molar-refractivity contribution in [1.82, 2.24) is 5.32 Å². The summed E-state index contributed by atoms with van der Waals surface area (Å²) in [6, 6.07) is 7.29. The summed E-state index contributed by atoms with van der Waals surface area (Å²) in [6.07, 6.45) is 1.03. The van der Waals surface area contributed by atoms with Crippen LogP contribution in [-0.4, -0.2) is 38.2 Å². The van der Waals surface area contributed by atoms with Crippen LogP contribution in [0.4, 0.5) is 0 Å². The zero-order valence-electron chi connectivity index (χ0n) is 12.8. The molecule has 0 radical (unpaired) electrons. The van der Waals surface area contributed by atoms with Crippen LogP contribution in [-0.2, 0) is 25.7 Å². The number of halogens is 1. The van der Waals surface area contributed by atoms with Gasteiger partial charge >= 0.3 is 0 Å². The van der Waals surface area contributed by atoms with Gasteiger partial charge in [0.15, 0.2) is 0 Å². The van der Waals surface area contributed by atoms with E-state index < -0.39 is 11.3 Å². The summed E-state index contributed by atoms with van der Waals surface area (Å²) in [5, 5.41) is 3.32. The maximum atomic E-state index is 11.9. The monoisotopic (exact) mass is 340 g/mol. The van der Waals surface area contributed by atoms with E-state index in [4.69, 9.17) is 26.8 Å². The normalized spacial score (nSPS) is 16.7. The Morgan fingerprint density at radius 2 is 2.00 bits per heavy atom. The number of rotatable bonds is 7. The van der Waals surface area contributed by atoms with Crippen LogP contribution < -0.4 is 11.1 Å². The third-order valence-electron chi connectivity index (χ3n) is 4.05. The lowest BCUT2D eigenvalue weighted by atomic mass is 9.79. The molecule has 0 aromatic heterocycles. The fourth-order valence-electron chi connectivity index (χ4n) is 2.46. The first kappa shape index (κ1) is 17.7. The Morgan fingerprint density at radius 1 is 1.30 bits per heavy atom. The third-order valence-corrected chi connectivity index (χ3v) is 4.41. The van der Waals surface area contributed by atoms with E-state index in [1.807, 2.05) is 18.2 Å². The number of hydrogen-bond donors (Lipinski definition) is 2. The molecule has 6 nitrogen and oxygen atoms in total. The number of nitrogens with one attached hydrogen (secondary N) is 1. The molecular weight excluding hydrogens is 320 g/mol. The number of hydrogen-bond acceptors (Lipinski definition) is 4. The number of carbonyl (C=O) groups is 2. The molecule has 0 aliphatic carbocycles. The molecule has 2 rings (SSSR count). The smallest absolute Gasteiger partial charge is 0.246 e. The topological polar surface area (TPSA) is 90.7 Å². The predicted molar refractivity (Wildman–Crippen MR) is 85.8 cm³/mol. The second-order valence-corrected chi connectivity index (χ2v) is 6.03. The minimum absolute atomic E-state index is 0.101. The standard InChI is InChI=1S/C16H21ClN2O4/c17-13-4-2-1-3-12(13)9-23-10-14(20)19-11-16(15(18)21)5-7-22-8-6-16/h1-4H,5-11H2,(H2,18,21)(H,19,20). The quantitative estimate of drug-likeness (QED) is 0.781. The number of ether oxygens (including phenoxy) is 2. The average Bonchev–Trinajstić information content (AvgIpc) is 2.55. The Morgan fingerprint density at radius 3 is 2.65 bits per heavy atom. The first-order valence-corrected chi connectivity index (χ1v) is 7.87. The first-order chi connectivity index (χ1) is 11.0. The minimum atomic E-state index is -0.726. The Labute approximate surface area is 140 Å². The molecule has 126 valence electrons. The molecular formula is C16H21ClN2O4. The van der Waals surface area contributed by atoms with Crippen molar-refractivity contribution in [3.63, 3.8) is 0 Å². The van der Waals surface area contributed by atoms with Crippen LogP contribution >= 0.6 is 11.6 Å². The van der Waals surface area contributed by atoms with Crippen molar-refractivity contribution in [2.24, 2.45) is 11.1 Å². The fraction of sp³-hybridized carbons (Fsp3) is 0.500. The van der Waals surface area contributed by atoms with Gasteiger partial charge in [-0.3, -0.25) is 9.59 Å².